The predicted octanol–water partition coefficient (Wildman–Crippen LogP) is 1.39. The molecule has 0 spiro atoms. The number of amides is 1. The van der Waals surface area contributed by atoms with Gasteiger partial charge in [-0.1, -0.05) is 18.2 Å². The van der Waals surface area contributed by atoms with Crippen molar-refractivity contribution in [1.82, 2.24) is 10.2 Å². The minimum Gasteiger partial charge on any atom is -0.324 e. The molecule has 0 bridgehead atoms. The van der Waals surface area contributed by atoms with Gasteiger partial charge in [0.25, 0.3) is 0 Å². The highest BCUT2D eigenvalue weighted by Gasteiger charge is 2.06. The monoisotopic (exact) mass is 249 g/mol. The average molecular weight is 249 g/mol. The normalized spacial score (nSPS) is 10.7. The van der Waals surface area contributed by atoms with E-state index in [0.29, 0.717) is 6.54 Å². The van der Waals surface area contributed by atoms with E-state index >= 15 is 0 Å². The molecule has 0 saturated carbocycles. The molecule has 2 N–H and O–H groups in total. The number of nitrogens with one attached hydrogen (secondary N) is 2. The Balaban J connectivity index is 2.40. The molecule has 0 aliphatic carbocycles. The van der Waals surface area contributed by atoms with E-state index in [2.05, 4.69) is 15.5 Å². The minimum atomic E-state index is 0.00570. The van der Waals surface area contributed by atoms with Crippen molar-refractivity contribution in [2.75, 3.05) is 39.0 Å². The molecule has 1 amide bonds. The third-order valence-corrected chi connectivity index (χ3v) is 2.77. The standard InChI is InChI=1S/C14H23N3O/c1-11-6-5-7-12(2)14(11)16-13(18)10-15-8-9-17(3)4/h5-7,15H,8-10H2,1-4H3,(H,16,18). The number of carbonyl (C=O) groups is 1. The van der Waals surface area contributed by atoms with Crippen molar-refractivity contribution in [3.8, 4) is 0 Å². The Morgan fingerprint density at radius 3 is 2.39 bits per heavy atom. The molecule has 1 aromatic carbocycles. The van der Waals surface area contributed by atoms with E-state index in [4.69, 9.17) is 0 Å². The lowest BCUT2D eigenvalue weighted by Gasteiger charge is -2.13. The second-order valence-electron chi connectivity index (χ2n) is 4.80. The van der Waals surface area contributed by atoms with Gasteiger partial charge in [-0.3, -0.25) is 4.79 Å². The van der Waals surface area contributed by atoms with Crippen molar-refractivity contribution in [2.24, 2.45) is 0 Å². The van der Waals surface area contributed by atoms with Crippen LogP contribution in [0.25, 0.3) is 0 Å². The second kappa shape index (κ2) is 7.13. The summed E-state index contributed by atoms with van der Waals surface area (Å²) in [5.74, 6) is 0.00570. The number of likely N-dealkylation sites (N-methyl/N-ethyl adjacent to an activating group) is 1. The summed E-state index contributed by atoms with van der Waals surface area (Å²) in [5, 5.41) is 6.07. The van der Waals surface area contributed by atoms with Crippen molar-refractivity contribution < 1.29 is 4.79 Å². The predicted molar refractivity (Wildman–Crippen MR) is 76.0 cm³/mol. The maximum Gasteiger partial charge on any atom is 0.238 e. The molecular formula is C14H23N3O. The first-order valence-electron chi connectivity index (χ1n) is 6.22. The number of rotatable bonds is 6. The lowest BCUT2D eigenvalue weighted by atomic mass is 10.1. The van der Waals surface area contributed by atoms with Gasteiger partial charge < -0.3 is 15.5 Å². The number of hydrogen-bond donors (Lipinski definition) is 2. The van der Waals surface area contributed by atoms with Gasteiger partial charge in [0.15, 0.2) is 0 Å². The van der Waals surface area contributed by atoms with E-state index in [1.807, 2.05) is 46.1 Å². The highest BCUT2D eigenvalue weighted by molar-refractivity contribution is 5.93. The molecular weight excluding hydrogens is 226 g/mol. The highest BCUT2D eigenvalue weighted by atomic mass is 16.1. The molecule has 0 aromatic heterocycles. The summed E-state index contributed by atoms with van der Waals surface area (Å²) in [6.45, 7) is 6.09. The Labute approximate surface area is 109 Å². The van der Waals surface area contributed by atoms with E-state index in [-0.39, 0.29) is 5.91 Å². The molecule has 4 heteroatoms. The largest absolute Gasteiger partial charge is 0.324 e. The number of aryl methyl sites for hydroxylation is 2. The average Bonchev–Trinajstić information content (AvgIpc) is 2.29. The van der Waals surface area contributed by atoms with E-state index in [1.165, 1.54) is 0 Å². The van der Waals surface area contributed by atoms with Crippen LogP contribution in [0.4, 0.5) is 5.69 Å². The molecule has 0 aliphatic rings. The van der Waals surface area contributed by atoms with Crippen LogP contribution in [0.1, 0.15) is 11.1 Å². The number of anilines is 1. The maximum atomic E-state index is 11.8. The van der Waals surface area contributed by atoms with Crippen LogP contribution in [0, 0.1) is 13.8 Å². The highest BCUT2D eigenvalue weighted by Crippen LogP contribution is 2.18. The van der Waals surface area contributed by atoms with Gasteiger partial charge >= 0.3 is 0 Å². The lowest BCUT2D eigenvalue weighted by Crippen LogP contribution is -2.33. The van der Waals surface area contributed by atoms with Crippen molar-refractivity contribution in [1.29, 1.82) is 0 Å². The number of benzene rings is 1. The fourth-order valence-electron chi connectivity index (χ4n) is 1.70. The summed E-state index contributed by atoms with van der Waals surface area (Å²) < 4.78 is 0. The van der Waals surface area contributed by atoms with Crippen LogP contribution in [0.15, 0.2) is 18.2 Å². The van der Waals surface area contributed by atoms with Crippen molar-refractivity contribution in [3.63, 3.8) is 0 Å². The zero-order valence-corrected chi connectivity index (χ0v) is 11.7. The first kappa shape index (κ1) is 14.7. The summed E-state index contributed by atoms with van der Waals surface area (Å²) in [4.78, 5) is 13.9. The fourth-order valence-corrected chi connectivity index (χ4v) is 1.70. The fraction of sp³-hybridized carbons (Fsp3) is 0.500. The SMILES string of the molecule is Cc1cccc(C)c1NC(=O)CNCCN(C)C. The zero-order chi connectivity index (χ0) is 13.5. The van der Waals surface area contributed by atoms with Crippen LogP contribution in [0.5, 0.6) is 0 Å². The molecule has 0 fully saturated rings. The molecule has 100 valence electrons. The Hall–Kier alpha value is -1.39. The smallest absolute Gasteiger partial charge is 0.238 e. The molecule has 0 heterocycles. The summed E-state index contributed by atoms with van der Waals surface area (Å²) in [6, 6.07) is 6.00. The first-order valence-corrected chi connectivity index (χ1v) is 6.22. The van der Waals surface area contributed by atoms with Crippen LogP contribution < -0.4 is 10.6 Å². The number of carbonyl (C=O) groups excluding carboxylic acids is 1. The second-order valence-corrected chi connectivity index (χ2v) is 4.80. The lowest BCUT2D eigenvalue weighted by molar-refractivity contribution is -0.115. The molecule has 0 radical (unpaired) electrons. The van der Waals surface area contributed by atoms with Crippen LogP contribution >= 0.6 is 0 Å². The summed E-state index contributed by atoms with van der Waals surface area (Å²) in [7, 11) is 4.02. The third kappa shape index (κ3) is 4.85. The van der Waals surface area contributed by atoms with Gasteiger partial charge in [0.2, 0.25) is 5.91 Å². The number of hydrogen-bond acceptors (Lipinski definition) is 3. The van der Waals surface area contributed by atoms with Gasteiger partial charge in [0.05, 0.1) is 6.54 Å². The van der Waals surface area contributed by atoms with E-state index in [9.17, 15) is 4.79 Å². The molecule has 0 saturated heterocycles. The quantitative estimate of drug-likeness (QED) is 0.749. The molecule has 0 unspecified atom stereocenters. The van der Waals surface area contributed by atoms with Gasteiger partial charge in [-0.15, -0.1) is 0 Å². The minimum absolute atomic E-state index is 0.00570. The van der Waals surface area contributed by atoms with Crippen molar-refractivity contribution >= 4 is 11.6 Å². The molecule has 4 nitrogen and oxygen atoms in total. The van der Waals surface area contributed by atoms with E-state index in [1.54, 1.807) is 0 Å². The van der Waals surface area contributed by atoms with Crippen LogP contribution in [-0.2, 0) is 4.79 Å². The molecule has 1 aromatic rings. The molecule has 1 rings (SSSR count). The summed E-state index contributed by atoms with van der Waals surface area (Å²) in [5.41, 5.74) is 3.12. The first-order chi connectivity index (χ1) is 8.50. The van der Waals surface area contributed by atoms with Gasteiger partial charge in [-0.2, -0.15) is 0 Å². The number of nitrogens with zero attached hydrogens (tertiary/aromatic N) is 1. The van der Waals surface area contributed by atoms with Gasteiger partial charge in [0, 0.05) is 18.8 Å². The van der Waals surface area contributed by atoms with E-state index < -0.39 is 0 Å². The van der Waals surface area contributed by atoms with Crippen LogP contribution in [-0.4, -0.2) is 44.5 Å². The Kier molecular flexibility index (Phi) is 5.82. The summed E-state index contributed by atoms with van der Waals surface area (Å²) in [6.07, 6.45) is 0. The van der Waals surface area contributed by atoms with Crippen LogP contribution in [0.3, 0.4) is 0 Å². The van der Waals surface area contributed by atoms with Crippen molar-refractivity contribution in [2.45, 2.75) is 13.8 Å². The van der Waals surface area contributed by atoms with Crippen LogP contribution in [0.2, 0.25) is 0 Å². The number of para-hydroxylation sites is 1. The summed E-state index contributed by atoms with van der Waals surface area (Å²) >= 11 is 0. The molecule has 18 heavy (non-hydrogen) atoms. The Morgan fingerprint density at radius 2 is 1.83 bits per heavy atom. The molecule has 0 aliphatic heterocycles. The third-order valence-electron chi connectivity index (χ3n) is 2.77. The molecule has 0 atom stereocenters. The van der Waals surface area contributed by atoms with Crippen molar-refractivity contribution in [3.05, 3.63) is 29.3 Å². The Morgan fingerprint density at radius 1 is 1.22 bits per heavy atom. The zero-order valence-electron chi connectivity index (χ0n) is 11.7. The van der Waals surface area contributed by atoms with Gasteiger partial charge in [0.1, 0.15) is 0 Å². The van der Waals surface area contributed by atoms with Gasteiger partial charge in [-0.25, -0.2) is 0 Å². The Bertz CT molecular complexity index is 382. The van der Waals surface area contributed by atoms with Gasteiger partial charge in [-0.05, 0) is 39.1 Å². The topological polar surface area (TPSA) is 44.4 Å². The maximum absolute atomic E-state index is 11.8. The van der Waals surface area contributed by atoms with E-state index in [0.717, 1.165) is 29.9 Å².